The second-order valence-corrected chi connectivity index (χ2v) is 5.32. The molecule has 5 heteroatoms. The van der Waals surface area contributed by atoms with Crippen LogP contribution in [0.2, 0.25) is 0 Å². The van der Waals surface area contributed by atoms with Gasteiger partial charge in [0.05, 0.1) is 0 Å². The van der Waals surface area contributed by atoms with Crippen LogP contribution in [0.15, 0.2) is 30.3 Å². The molecule has 2 heterocycles. The maximum Gasteiger partial charge on any atom is 0.125 e. The summed E-state index contributed by atoms with van der Waals surface area (Å²) in [6.45, 7) is 3.98. The second-order valence-electron chi connectivity index (χ2n) is 5.32. The molecule has 1 aromatic heterocycles. The molecular formula is C16H19ClFN3. The summed E-state index contributed by atoms with van der Waals surface area (Å²) in [5.41, 5.74) is 3.20. The molecule has 3 nitrogen and oxygen atoms in total. The van der Waals surface area contributed by atoms with E-state index in [0.717, 1.165) is 48.7 Å². The standard InChI is InChI=1S/C16H18FN3.ClH/c1-11-19-15(8-12-2-4-14(17)5-3-12)9-16(20-11)13-6-7-18-10-13;/h2-5,9,13,18H,6-8,10H2,1H3;1H. The SMILES string of the molecule is Cc1nc(Cc2ccc(F)cc2)cc(C2CCNC2)n1.Cl. The zero-order chi connectivity index (χ0) is 13.9. The normalized spacial score (nSPS) is 17.5. The average molecular weight is 308 g/mol. The number of benzene rings is 1. The molecule has 21 heavy (non-hydrogen) atoms. The van der Waals surface area contributed by atoms with Gasteiger partial charge in [-0.25, -0.2) is 14.4 Å². The van der Waals surface area contributed by atoms with Gasteiger partial charge < -0.3 is 5.32 Å². The van der Waals surface area contributed by atoms with Crippen molar-refractivity contribution in [3.05, 3.63) is 58.9 Å². The zero-order valence-corrected chi connectivity index (χ0v) is 12.8. The van der Waals surface area contributed by atoms with Crippen LogP contribution >= 0.6 is 12.4 Å². The van der Waals surface area contributed by atoms with E-state index in [1.807, 2.05) is 19.1 Å². The molecule has 1 aromatic carbocycles. The highest BCUT2D eigenvalue weighted by Gasteiger charge is 2.19. The Hall–Kier alpha value is -1.52. The van der Waals surface area contributed by atoms with E-state index in [0.29, 0.717) is 5.92 Å². The third kappa shape index (κ3) is 3.99. The summed E-state index contributed by atoms with van der Waals surface area (Å²) in [6, 6.07) is 8.69. The predicted molar refractivity (Wildman–Crippen MR) is 83.5 cm³/mol. The zero-order valence-electron chi connectivity index (χ0n) is 12.0. The van der Waals surface area contributed by atoms with E-state index in [-0.39, 0.29) is 18.2 Å². The summed E-state index contributed by atoms with van der Waals surface area (Å²) in [6.07, 6.45) is 1.85. The Bertz CT molecular complexity index is 595. The molecule has 1 saturated heterocycles. The quantitative estimate of drug-likeness (QED) is 0.947. The van der Waals surface area contributed by atoms with Gasteiger partial charge in [-0.15, -0.1) is 12.4 Å². The van der Waals surface area contributed by atoms with E-state index in [2.05, 4.69) is 21.4 Å². The Labute approximate surface area is 130 Å². The van der Waals surface area contributed by atoms with Crippen LogP contribution in [0.25, 0.3) is 0 Å². The fourth-order valence-corrected chi connectivity index (χ4v) is 2.67. The number of halogens is 2. The first-order valence-corrected chi connectivity index (χ1v) is 7.00. The minimum absolute atomic E-state index is 0. The molecular weight excluding hydrogens is 289 g/mol. The van der Waals surface area contributed by atoms with Gasteiger partial charge in [0.2, 0.25) is 0 Å². The van der Waals surface area contributed by atoms with Crippen molar-refractivity contribution in [3.63, 3.8) is 0 Å². The van der Waals surface area contributed by atoms with Crippen LogP contribution < -0.4 is 5.32 Å². The molecule has 3 rings (SSSR count). The smallest absolute Gasteiger partial charge is 0.125 e. The molecule has 0 aliphatic carbocycles. The number of aromatic nitrogens is 2. The van der Waals surface area contributed by atoms with Crippen molar-refractivity contribution >= 4 is 12.4 Å². The molecule has 0 radical (unpaired) electrons. The summed E-state index contributed by atoms with van der Waals surface area (Å²) in [4.78, 5) is 9.06. The number of aryl methyl sites for hydroxylation is 1. The molecule has 1 atom stereocenters. The minimum Gasteiger partial charge on any atom is -0.316 e. The van der Waals surface area contributed by atoms with Crippen LogP contribution in [0.4, 0.5) is 4.39 Å². The maximum atomic E-state index is 12.9. The van der Waals surface area contributed by atoms with Gasteiger partial charge in [0, 0.05) is 30.3 Å². The third-order valence-electron chi connectivity index (χ3n) is 3.69. The summed E-state index contributed by atoms with van der Waals surface area (Å²) in [7, 11) is 0. The average Bonchev–Trinajstić information content (AvgIpc) is 2.95. The van der Waals surface area contributed by atoms with E-state index >= 15 is 0 Å². The molecule has 0 amide bonds. The molecule has 0 bridgehead atoms. The molecule has 0 spiro atoms. The lowest BCUT2D eigenvalue weighted by Gasteiger charge is -2.11. The van der Waals surface area contributed by atoms with E-state index in [9.17, 15) is 4.39 Å². The number of rotatable bonds is 3. The van der Waals surface area contributed by atoms with Crippen LogP contribution in [0.1, 0.15) is 35.1 Å². The van der Waals surface area contributed by atoms with Crippen molar-refractivity contribution in [1.82, 2.24) is 15.3 Å². The summed E-state index contributed by atoms with van der Waals surface area (Å²) < 4.78 is 12.9. The number of hydrogen-bond acceptors (Lipinski definition) is 3. The van der Waals surface area contributed by atoms with Crippen LogP contribution in [-0.4, -0.2) is 23.1 Å². The first-order chi connectivity index (χ1) is 9.70. The highest BCUT2D eigenvalue weighted by atomic mass is 35.5. The Morgan fingerprint density at radius 1 is 1.24 bits per heavy atom. The molecule has 1 aliphatic rings. The highest BCUT2D eigenvalue weighted by molar-refractivity contribution is 5.85. The number of nitrogens with one attached hydrogen (secondary N) is 1. The predicted octanol–water partition coefficient (Wildman–Crippen LogP) is 3.01. The maximum absolute atomic E-state index is 12.9. The lowest BCUT2D eigenvalue weighted by atomic mass is 10.0. The van der Waals surface area contributed by atoms with Crippen LogP contribution in [-0.2, 0) is 6.42 Å². The van der Waals surface area contributed by atoms with Gasteiger partial charge >= 0.3 is 0 Å². The molecule has 1 N–H and O–H groups in total. The molecule has 1 aliphatic heterocycles. The number of hydrogen-bond donors (Lipinski definition) is 1. The first kappa shape index (κ1) is 15.9. The first-order valence-electron chi connectivity index (χ1n) is 7.00. The van der Waals surface area contributed by atoms with Crippen LogP contribution in [0, 0.1) is 12.7 Å². The topological polar surface area (TPSA) is 37.8 Å². The fraction of sp³-hybridized carbons (Fsp3) is 0.375. The van der Waals surface area contributed by atoms with Gasteiger partial charge in [-0.3, -0.25) is 0 Å². The molecule has 1 unspecified atom stereocenters. The van der Waals surface area contributed by atoms with Crippen molar-refractivity contribution in [1.29, 1.82) is 0 Å². The van der Waals surface area contributed by atoms with Gasteiger partial charge in [-0.1, -0.05) is 12.1 Å². The van der Waals surface area contributed by atoms with Crippen LogP contribution in [0.3, 0.4) is 0 Å². The van der Waals surface area contributed by atoms with Gasteiger partial charge in [-0.2, -0.15) is 0 Å². The van der Waals surface area contributed by atoms with Gasteiger partial charge in [0.15, 0.2) is 0 Å². The van der Waals surface area contributed by atoms with Crippen LogP contribution in [0.5, 0.6) is 0 Å². The Morgan fingerprint density at radius 3 is 2.67 bits per heavy atom. The van der Waals surface area contributed by atoms with Gasteiger partial charge in [0.25, 0.3) is 0 Å². The molecule has 1 fully saturated rings. The van der Waals surface area contributed by atoms with E-state index in [4.69, 9.17) is 0 Å². The Balaban J connectivity index is 0.00000161. The van der Waals surface area contributed by atoms with E-state index < -0.39 is 0 Å². The van der Waals surface area contributed by atoms with Gasteiger partial charge in [-0.05, 0) is 43.7 Å². The Morgan fingerprint density at radius 2 is 2.00 bits per heavy atom. The van der Waals surface area contributed by atoms with Crippen molar-refractivity contribution in [2.45, 2.75) is 25.7 Å². The molecule has 2 aromatic rings. The van der Waals surface area contributed by atoms with Crippen molar-refractivity contribution in [3.8, 4) is 0 Å². The molecule has 112 valence electrons. The van der Waals surface area contributed by atoms with Crippen molar-refractivity contribution < 1.29 is 4.39 Å². The van der Waals surface area contributed by atoms with Crippen molar-refractivity contribution in [2.75, 3.05) is 13.1 Å². The second kappa shape index (κ2) is 6.96. The minimum atomic E-state index is -0.203. The Kier molecular flexibility index (Phi) is 5.26. The lowest BCUT2D eigenvalue weighted by molar-refractivity contribution is 0.627. The third-order valence-corrected chi connectivity index (χ3v) is 3.69. The molecule has 0 saturated carbocycles. The fourth-order valence-electron chi connectivity index (χ4n) is 2.67. The monoisotopic (exact) mass is 307 g/mol. The van der Waals surface area contributed by atoms with E-state index in [1.165, 1.54) is 12.1 Å². The lowest BCUT2D eigenvalue weighted by Crippen LogP contribution is -2.10. The highest BCUT2D eigenvalue weighted by Crippen LogP contribution is 2.21. The van der Waals surface area contributed by atoms with Gasteiger partial charge in [0.1, 0.15) is 11.6 Å². The largest absolute Gasteiger partial charge is 0.316 e. The van der Waals surface area contributed by atoms with Crippen molar-refractivity contribution in [2.24, 2.45) is 0 Å². The summed E-state index contributed by atoms with van der Waals surface area (Å²) >= 11 is 0. The van der Waals surface area contributed by atoms with E-state index in [1.54, 1.807) is 0 Å². The summed E-state index contributed by atoms with van der Waals surface area (Å²) in [5, 5.41) is 3.36. The number of nitrogens with zero attached hydrogens (tertiary/aromatic N) is 2. The summed E-state index contributed by atoms with van der Waals surface area (Å²) in [5.74, 6) is 1.10.